The van der Waals surface area contributed by atoms with E-state index in [0.29, 0.717) is 12.8 Å². The molecule has 0 radical (unpaired) electrons. The normalized spacial score (nSPS) is 14.5. The maximum Gasteiger partial charge on any atom is 0.472 e. The first-order chi connectivity index (χ1) is 25.1. The Bertz CT molecular complexity index is 1120. The van der Waals surface area contributed by atoms with Crippen LogP contribution in [0.3, 0.4) is 0 Å². The number of allylic oxidation sites excluding steroid dienone is 10. The molecule has 0 bridgehead atoms. The summed E-state index contributed by atoms with van der Waals surface area (Å²) < 4.78 is 32.5. The molecule has 0 fully saturated rings. The molecule has 0 aliphatic carbocycles. The Kier molecular flexibility index (Phi) is 33.3. The molecule has 3 atom stereocenters. The van der Waals surface area contributed by atoms with Gasteiger partial charge in [-0.25, -0.2) is 4.57 Å². The summed E-state index contributed by atoms with van der Waals surface area (Å²) in [6.45, 7) is 2.58. The lowest BCUT2D eigenvalue weighted by Crippen LogP contribution is -2.34. The summed E-state index contributed by atoms with van der Waals surface area (Å²) in [7, 11) is -4.72. The lowest BCUT2D eigenvalue weighted by molar-refractivity contribution is -0.161. The van der Waals surface area contributed by atoms with Crippen molar-refractivity contribution in [3.8, 4) is 0 Å². The topological polar surface area (TPSA) is 172 Å². The maximum absolute atomic E-state index is 12.6. The van der Waals surface area contributed by atoms with Crippen LogP contribution in [0.4, 0.5) is 0 Å². The standard InChI is InChI=1S/C40H68NO10P/c1-3-5-7-9-11-13-15-16-17-18-19-20-22-24-26-28-30-32-39(43)51-36(34-49-52(46,47)50-35-37(41)40(44)45)33-48-38(42)31-29-27-25-23-21-14-12-10-8-6-4-2/h5,7,10-13,16-17,19-20,36-37H,3-4,6,8-9,14-15,18,21-35,41H2,1-2H3,(H,44,45)(H,46,47)/b7-5-,12-10-,13-11-,17-16-,20-19-. The lowest BCUT2D eigenvalue weighted by atomic mass is 10.1. The van der Waals surface area contributed by atoms with Crippen LogP contribution in [0.1, 0.15) is 142 Å². The van der Waals surface area contributed by atoms with Gasteiger partial charge in [-0.1, -0.05) is 120 Å². The number of carbonyl (C=O) groups excluding carboxylic acids is 2. The summed E-state index contributed by atoms with van der Waals surface area (Å²) in [5.74, 6) is -2.43. The van der Waals surface area contributed by atoms with Crippen LogP contribution in [-0.4, -0.2) is 59.9 Å². The van der Waals surface area contributed by atoms with Crippen molar-refractivity contribution in [2.45, 2.75) is 154 Å². The zero-order chi connectivity index (χ0) is 38.5. The summed E-state index contributed by atoms with van der Waals surface area (Å²) >= 11 is 0. The summed E-state index contributed by atoms with van der Waals surface area (Å²) in [5.41, 5.74) is 5.31. The molecule has 0 heterocycles. The molecule has 0 amide bonds. The van der Waals surface area contributed by atoms with Crippen LogP contribution in [0, 0.1) is 0 Å². The minimum absolute atomic E-state index is 0.129. The molecule has 0 aliphatic heterocycles. The van der Waals surface area contributed by atoms with Gasteiger partial charge in [-0.15, -0.1) is 0 Å². The Morgan fingerprint density at radius 2 is 1.08 bits per heavy atom. The predicted octanol–water partition coefficient (Wildman–Crippen LogP) is 9.61. The number of carboxylic acid groups (broad SMARTS) is 1. The third kappa shape index (κ3) is 34.3. The first kappa shape index (κ1) is 49.2. The monoisotopic (exact) mass is 753 g/mol. The molecule has 0 aliphatic rings. The molecule has 0 rings (SSSR count). The number of nitrogens with two attached hydrogens (primary N) is 1. The van der Waals surface area contributed by atoms with Gasteiger partial charge in [0, 0.05) is 12.8 Å². The Balaban J connectivity index is 4.50. The molecule has 298 valence electrons. The molecule has 0 aromatic heterocycles. The highest BCUT2D eigenvalue weighted by atomic mass is 31.2. The van der Waals surface area contributed by atoms with Crippen LogP contribution in [0.15, 0.2) is 60.8 Å². The predicted molar refractivity (Wildman–Crippen MR) is 208 cm³/mol. The molecule has 0 saturated heterocycles. The summed E-state index contributed by atoms with van der Waals surface area (Å²) in [4.78, 5) is 45.7. The third-order valence-electron chi connectivity index (χ3n) is 7.75. The van der Waals surface area contributed by atoms with Crippen LogP contribution < -0.4 is 5.73 Å². The number of rotatable bonds is 35. The fraction of sp³-hybridized carbons (Fsp3) is 0.675. The Hall–Kier alpha value is -2.82. The van der Waals surface area contributed by atoms with Gasteiger partial charge in [-0.2, -0.15) is 0 Å². The molecule has 11 nitrogen and oxygen atoms in total. The number of hydrogen-bond acceptors (Lipinski definition) is 9. The van der Waals surface area contributed by atoms with Crippen molar-refractivity contribution in [2.24, 2.45) is 5.73 Å². The Morgan fingerprint density at radius 1 is 0.615 bits per heavy atom. The molecule has 4 N–H and O–H groups in total. The van der Waals surface area contributed by atoms with Crippen molar-refractivity contribution >= 4 is 25.7 Å². The van der Waals surface area contributed by atoms with E-state index in [2.05, 4.69) is 79.1 Å². The van der Waals surface area contributed by atoms with E-state index >= 15 is 0 Å². The number of esters is 2. The average molecular weight is 754 g/mol. The maximum atomic E-state index is 12.6. The van der Waals surface area contributed by atoms with E-state index < -0.39 is 51.1 Å². The minimum atomic E-state index is -4.72. The van der Waals surface area contributed by atoms with E-state index in [1.165, 1.54) is 12.8 Å². The fourth-order valence-electron chi connectivity index (χ4n) is 4.68. The number of hydrogen-bond donors (Lipinski definition) is 3. The van der Waals surface area contributed by atoms with Gasteiger partial charge >= 0.3 is 25.7 Å². The van der Waals surface area contributed by atoms with Crippen molar-refractivity contribution < 1.29 is 47.5 Å². The number of carboxylic acids is 1. The number of aliphatic carboxylic acids is 1. The summed E-state index contributed by atoms with van der Waals surface area (Å²) in [6.07, 6.45) is 38.6. The number of phosphoric ester groups is 1. The van der Waals surface area contributed by atoms with Crippen LogP contribution in [0.25, 0.3) is 0 Å². The molecular formula is C40H68NO10P. The van der Waals surface area contributed by atoms with Crippen LogP contribution in [-0.2, 0) is 37.5 Å². The molecule has 0 saturated carbocycles. The zero-order valence-electron chi connectivity index (χ0n) is 31.9. The van der Waals surface area contributed by atoms with Crippen molar-refractivity contribution in [1.82, 2.24) is 0 Å². The molecule has 12 heteroatoms. The largest absolute Gasteiger partial charge is 0.480 e. The molecule has 3 unspecified atom stereocenters. The van der Waals surface area contributed by atoms with Crippen molar-refractivity contribution in [3.63, 3.8) is 0 Å². The fourth-order valence-corrected chi connectivity index (χ4v) is 5.46. The van der Waals surface area contributed by atoms with Gasteiger partial charge in [0.2, 0.25) is 0 Å². The minimum Gasteiger partial charge on any atom is -0.480 e. The third-order valence-corrected chi connectivity index (χ3v) is 8.70. The van der Waals surface area contributed by atoms with Gasteiger partial charge in [0.25, 0.3) is 0 Å². The van der Waals surface area contributed by atoms with E-state index in [9.17, 15) is 23.8 Å². The highest BCUT2D eigenvalue weighted by molar-refractivity contribution is 7.47. The lowest BCUT2D eigenvalue weighted by Gasteiger charge is -2.20. The van der Waals surface area contributed by atoms with Gasteiger partial charge in [0.05, 0.1) is 13.2 Å². The first-order valence-electron chi connectivity index (χ1n) is 19.3. The first-order valence-corrected chi connectivity index (χ1v) is 20.8. The van der Waals surface area contributed by atoms with Gasteiger partial charge < -0.3 is 25.2 Å². The Labute approximate surface area is 313 Å². The number of ether oxygens (including phenoxy) is 2. The molecule has 0 spiro atoms. The number of carbonyl (C=O) groups is 3. The van der Waals surface area contributed by atoms with Crippen LogP contribution in [0.2, 0.25) is 0 Å². The second kappa shape index (κ2) is 35.2. The van der Waals surface area contributed by atoms with Crippen LogP contribution in [0.5, 0.6) is 0 Å². The van der Waals surface area contributed by atoms with Crippen LogP contribution >= 0.6 is 7.82 Å². The SMILES string of the molecule is CC/C=C\C/C=C\C/C=C\C/C=C\CCCCCCC(=O)OC(COC(=O)CCCCCCC/C=C\CCCC)COP(=O)(O)OCC(N)C(=O)O. The highest BCUT2D eigenvalue weighted by Gasteiger charge is 2.28. The van der Waals surface area contributed by atoms with E-state index in [-0.39, 0.29) is 19.4 Å². The van der Waals surface area contributed by atoms with Crippen molar-refractivity contribution in [2.75, 3.05) is 19.8 Å². The summed E-state index contributed by atoms with van der Waals surface area (Å²) in [5, 5.41) is 8.86. The van der Waals surface area contributed by atoms with Crippen molar-refractivity contribution in [1.29, 1.82) is 0 Å². The van der Waals surface area contributed by atoms with E-state index in [1.54, 1.807) is 0 Å². The molecule has 0 aromatic rings. The number of phosphoric acid groups is 1. The summed E-state index contributed by atoms with van der Waals surface area (Å²) in [6, 6.07) is -1.53. The Morgan fingerprint density at radius 3 is 1.63 bits per heavy atom. The van der Waals surface area contributed by atoms with E-state index in [4.69, 9.17) is 24.8 Å². The van der Waals surface area contributed by atoms with E-state index in [1.807, 2.05) is 0 Å². The molecule has 52 heavy (non-hydrogen) atoms. The molecular weight excluding hydrogens is 685 g/mol. The second-order valence-corrected chi connectivity index (χ2v) is 14.1. The molecule has 0 aromatic carbocycles. The smallest absolute Gasteiger partial charge is 0.472 e. The highest BCUT2D eigenvalue weighted by Crippen LogP contribution is 2.43. The second-order valence-electron chi connectivity index (χ2n) is 12.7. The quantitative estimate of drug-likeness (QED) is 0.0244. The van der Waals surface area contributed by atoms with Gasteiger partial charge in [0.1, 0.15) is 12.6 Å². The van der Waals surface area contributed by atoms with Gasteiger partial charge in [-0.05, 0) is 70.6 Å². The van der Waals surface area contributed by atoms with Gasteiger partial charge in [-0.3, -0.25) is 23.4 Å². The van der Waals surface area contributed by atoms with Gasteiger partial charge in [0.15, 0.2) is 6.10 Å². The number of unbranched alkanes of at least 4 members (excludes halogenated alkanes) is 11. The average Bonchev–Trinajstić information content (AvgIpc) is 3.12. The van der Waals surface area contributed by atoms with E-state index in [0.717, 1.165) is 89.9 Å². The van der Waals surface area contributed by atoms with Crippen molar-refractivity contribution in [3.05, 3.63) is 60.8 Å². The zero-order valence-corrected chi connectivity index (χ0v) is 32.8.